The Hall–Kier alpha value is -4.19. The molecule has 1 saturated carbocycles. The van der Waals surface area contributed by atoms with Gasteiger partial charge >= 0.3 is 5.97 Å². The summed E-state index contributed by atoms with van der Waals surface area (Å²) in [5, 5.41) is 21.8. The van der Waals surface area contributed by atoms with Crippen LogP contribution in [0.2, 0.25) is 0 Å². The number of rotatable bonds is 9. The maximum absolute atomic E-state index is 15.3. The Kier molecular flexibility index (Phi) is 7.24. The van der Waals surface area contributed by atoms with Crippen molar-refractivity contribution in [1.29, 1.82) is 0 Å². The van der Waals surface area contributed by atoms with Gasteiger partial charge in [-0.3, -0.25) is 0 Å². The lowest BCUT2D eigenvalue weighted by Gasteiger charge is -2.12. The van der Waals surface area contributed by atoms with Crippen LogP contribution in [0.5, 0.6) is 5.75 Å². The van der Waals surface area contributed by atoms with E-state index in [-0.39, 0.29) is 22.9 Å². The van der Waals surface area contributed by atoms with E-state index in [9.17, 15) is 14.1 Å². The lowest BCUT2D eigenvalue weighted by atomic mass is 9.95. The highest BCUT2D eigenvalue weighted by Crippen LogP contribution is 2.45. The topological polar surface area (TPSA) is 120 Å². The van der Waals surface area contributed by atoms with Crippen molar-refractivity contribution in [2.24, 2.45) is 5.14 Å². The molecular weight excluding hydrogens is 563 g/mol. The monoisotopic (exact) mass is 588 g/mol. The van der Waals surface area contributed by atoms with Gasteiger partial charge in [-0.05, 0) is 59.9 Å². The van der Waals surface area contributed by atoms with Gasteiger partial charge < -0.3 is 9.84 Å². The van der Waals surface area contributed by atoms with Crippen molar-refractivity contribution in [2.45, 2.75) is 30.1 Å². The Morgan fingerprint density at radius 3 is 2.51 bits per heavy atom. The summed E-state index contributed by atoms with van der Waals surface area (Å²) in [6.07, 6.45) is 2.14. The lowest BCUT2D eigenvalue weighted by molar-refractivity contribution is 0.0691. The molecule has 1 fully saturated rings. The fourth-order valence-corrected chi connectivity index (χ4v) is 6.03. The molecule has 3 aromatic carbocycles. The Bertz CT molecular complexity index is 1810. The fraction of sp³-hybridized carbons (Fsp3) is 0.167. The summed E-state index contributed by atoms with van der Waals surface area (Å²) < 4.78 is 34.1. The molecule has 2 aromatic heterocycles. The van der Waals surface area contributed by atoms with Crippen LogP contribution in [0.3, 0.4) is 0 Å². The Morgan fingerprint density at radius 1 is 1.12 bits per heavy atom. The van der Waals surface area contributed by atoms with Gasteiger partial charge in [0, 0.05) is 28.8 Å². The van der Waals surface area contributed by atoms with Gasteiger partial charge in [-0.2, -0.15) is 5.10 Å². The van der Waals surface area contributed by atoms with E-state index in [1.165, 1.54) is 22.8 Å². The van der Waals surface area contributed by atoms with Crippen LogP contribution in [-0.2, 0) is 17.4 Å². The maximum Gasteiger partial charge on any atom is 0.355 e. The van der Waals surface area contributed by atoms with Crippen LogP contribution < -0.4 is 9.88 Å². The summed E-state index contributed by atoms with van der Waals surface area (Å²) in [5.41, 5.74) is 5.46. The standard InChI is InChI=1S/C30H25FN4O4S2/c1-39-22-7-3-5-19(13-22)18-4-2-6-21(12-18)28-24(14-20-10-11-23(41(32)38)15-25(20)31)27(17-8-9-17)34-35(28)30-33-26(16-40-30)29(36)37/h2-7,10-13,15-17H,8-9,14,32H2,1H3,(H,36,37). The number of carboxylic acids is 1. The molecule has 41 heavy (non-hydrogen) atoms. The number of aromatic carboxylic acids is 1. The van der Waals surface area contributed by atoms with Gasteiger partial charge in [0.1, 0.15) is 22.6 Å². The number of aromatic nitrogens is 3. The minimum absolute atomic E-state index is 0.0671. The highest BCUT2D eigenvalue weighted by atomic mass is 32.2. The number of methoxy groups -OCH3 is 1. The Morgan fingerprint density at radius 2 is 1.85 bits per heavy atom. The first-order chi connectivity index (χ1) is 19.8. The molecule has 1 aliphatic rings. The van der Waals surface area contributed by atoms with Crippen molar-refractivity contribution in [2.75, 3.05) is 7.11 Å². The molecule has 3 N–H and O–H groups in total. The summed E-state index contributed by atoms with van der Waals surface area (Å²) in [5.74, 6) is -0.682. The number of benzene rings is 3. The number of thiazole rings is 1. The van der Waals surface area contributed by atoms with Crippen molar-refractivity contribution >= 4 is 28.3 Å². The molecule has 8 nitrogen and oxygen atoms in total. The van der Waals surface area contributed by atoms with Crippen molar-refractivity contribution in [3.8, 4) is 33.3 Å². The van der Waals surface area contributed by atoms with Crippen LogP contribution in [0.15, 0.2) is 77.0 Å². The lowest BCUT2D eigenvalue weighted by Crippen LogP contribution is -2.05. The number of carboxylic acid groups (broad SMARTS) is 1. The van der Waals surface area contributed by atoms with E-state index in [1.807, 2.05) is 48.5 Å². The van der Waals surface area contributed by atoms with Gasteiger partial charge in [-0.25, -0.2) is 28.2 Å². The van der Waals surface area contributed by atoms with E-state index in [4.69, 9.17) is 15.0 Å². The highest BCUT2D eigenvalue weighted by Gasteiger charge is 2.33. The SMILES string of the molecule is COc1cccc(-c2cccc(-c3c(Cc4ccc(S(N)=O)cc4F)c(C4CC4)nn3-c3nc(C(=O)O)cs3)c2)c1. The summed E-state index contributed by atoms with van der Waals surface area (Å²) in [7, 11) is -0.175. The fourth-order valence-electron chi connectivity index (χ4n) is 4.86. The Labute approximate surface area is 241 Å². The number of hydrogen-bond donors (Lipinski definition) is 2. The number of nitrogens with zero attached hydrogens (tertiary/aromatic N) is 3. The molecule has 0 saturated heterocycles. The first kappa shape index (κ1) is 27.0. The quantitative estimate of drug-likeness (QED) is 0.219. The predicted molar refractivity (Wildman–Crippen MR) is 155 cm³/mol. The minimum Gasteiger partial charge on any atom is -0.497 e. The number of carbonyl (C=O) groups is 1. The van der Waals surface area contributed by atoms with Crippen LogP contribution in [0, 0.1) is 5.82 Å². The first-order valence-electron chi connectivity index (χ1n) is 12.8. The molecule has 208 valence electrons. The molecule has 2 heterocycles. The zero-order valence-corrected chi connectivity index (χ0v) is 23.5. The summed E-state index contributed by atoms with van der Waals surface area (Å²) in [6.45, 7) is 0. The van der Waals surface area contributed by atoms with Crippen LogP contribution in [0.4, 0.5) is 4.39 Å². The Balaban J connectivity index is 1.55. The van der Waals surface area contributed by atoms with Crippen LogP contribution in [-0.4, -0.2) is 37.2 Å². The van der Waals surface area contributed by atoms with E-state index in [1.54, 1.807) is 23.9 Å². The molecule has 1 atom stereocenters. The van der Waals surface area contributed by atoms with Gasteiger partial charge in [-0.15, -0.1) is 11.3 Å². The maximum atomic E-state index is 15.3. The van der Waals surface area contributed by atoms with E-state index in [2.05, 4.69) is 4.98 Å². The number of ether oxygens (including phenoxy) is 1. The van der Waals surface area contributed by atoms with E-state index >= 15 is 4.39 Å². The second-order valence-corrected chi connectivity index (χ2v) is 11.7. The summed E-state index contributed by atoms with van der Waals surface area (Å²) >= 11 is 1.18. The number of nitrogens with two attached hydrogens (primary N) is 1. The van der Waals surface area contributed by atoms with Gasteiger partial charge in [0.15, 0.2) is 5.69 Å². The van der Waals surface area contributed by atoms with Crippen LogP contribution in [0.25, 0.3) is 27.5 Å². The smallest absolute Gasteiger partial charge is 0.355 e. The minimum atomic E-state index is -1.80. The van der Waals surface area contributed by atoms with Gasteiger partial charge in [-0.1, -0.05) is 36.4 Å². The summed E-state index contributed by atoms with van der Waals surface area (Å²) in [6, 6.07) is 20.1. The number of hydrogen-bond acceptors (Lipinski definition) is 6. The summed E-state index contributed by atoms with van der Waals surface area (Å²) in [4.78, 5) is 16.2. The largest absolute Gasteiger partial charge is 0.497 e. The van der Waals surface area contributed by atoms with Crippen molar-refractivity contribution < 1.29 is 23.2 Å². The molecule has 0 bridgehead atoms. The van der Waals surface area contributed by atoms with Gasteiger partial charge in [0.2, 0.25) is 5.13 Å². The second-order valence-electron chi connectivity index (χ2n) is 9.76. The average molecular weight is 589 g/mol. The highest BCUT2D eigenvalue weighted by molar-refractivity contribution is 7.82. The van der Waals surface area contributed by atoms with Crippen molar-refractivity contribution in [3.05, 3.63) is 100 Å². The van der Waals surface area contributed by atoms with E-state index in [0.29, 0.717) is 16.4 Å². The number of halogens is 1. The second kappa shape index (κ2) is 11.0. The molecule has 5 aromatic rings. The molecule has 6 rings (SSSR count). The normalized spacial score (nSPS) is 13.7. The van der Waals surface area contributed by atoms with Gasteiger partial charge in [0.25, 0.3) is 0 Å². The predicted octanol–water partition coefficient (Wildman–Crippen LogP) is 5.96. The van der Waals surface area contributed by atoms with Crippen LogP contribution in [0.1, 0.15) is 46.1 Å². The first-order valence-corrected chi connectivity index (χ1v) is 14.9. The molecule has 0 spiro atoms. The van der Waals surface area contributed by atoms with E-state index in [0.717, 1.165) is 46.5 Å². The van der Waals surface area contributed by atoms with E-state index < -0.39 is 22.8 Å². The average Bonchev–Trinajstić information content (AvgIpc) is 3.57. The van der Waals surface area contributed by atoms with Crippen LogP contribution >= 0.6 is 11.3 Å². The molecule has 1 aliphatic carbocycles. The third-order valence-electron chi connectivity index (χ3n) is 7.03. The zero-order chi connectivity index (χ0) is 28.7. The zero-order valence-electron chi connectivity index (χ0n) is 21.9. The molecular formula is C30H25FN4O4S2. The van der Waals surface area contributed by atoms with Crippen molar-refractivity contribution in [3.63, 3.8) is 0 Å². The molecule has 0 amide bonds. The molecule has 0 radical (unpaired) electrons. The van der Waals surface area contributed by atoms with Crippen molar-refractivity contribution in [1.82, 2.24) is 14.8 Å². The van der Waals surface area contributed by atoms with Gasteiger partial charge in [0.05, 0.1) is 23.4 Å². The molecule has 1 unspecified atom stereocenters. The molecule has 11 heteroatoms. The third-order valence-corrected chi connectivity index (χ3v) is 8.57. The molecule has 0 aliphatic heterocycles. The third kappa shape index (κ3) is 5.43.